The third kappa shape index (κ3) is 4.25. The number of sulfonamides is 1. The van der Waals surface area contributed by atoms with Crippen molar-refractivity contribution in [3.63, 3.8) is 0 Å². The Hall–Kier alpha value is -2.48. The fourth-order valence-electron chi connectivity index (χ4n) is 1.64. The van der Waals surface area contributed by atoms with Crippen LogP contribution in [-0.4, -0.2) is 29.7 Å². The minimum absolute atomic E-state index is 0.00392. The zero-order valence-corrected chi connectivity index (χ0v) is 11.7. The van der Waals surface area contributed by atoms with Gasteiger partial charge in [0.05, 0.1) is 4.90 Å². The third-order valence-electron chi connectivity index (χ3n) is 2.67. The van der Waals surface area contributed by atoms with Gasteiger partial charge in [-0.1, -0.05) is 12.1 Å². The molecule has 1 aromatic carbocycles. The topological polar surface area (TPSA) is 109 Å². The average molecular weight is 307 g/mol. The summed E-state index contributed by atoms with van der Waals surface area (Å²) in [6, 6.07) is 9.10. The Kier molecular flexibility index (Phi) is 4.49. The molecule has 8 heteroatoms. The molecule has 0 saturated carbocycles. The van der Waals surface area contributed by atoms with E-state index in [1.807, 2.05) is 0 Å². The summed E-state index contributed by atoms with van der Waals surface area (Å²) in [5, 5.41) is 15.8. The van der Waals surface area contributed by atoms with E-state index in [9.17, 15) is 13.2 Å². The van der Waals surface area contributed by atoms with Gasteiger partial charge in [0.2, 0.25) is 0 Å². The number of hydrogen-bond donors (Lipinski definition) is 2. The van der Waals surface area contributed by atoms with Gasteiger partial charge in [0.1, 0.15) is 0 Å². The first-order valence-corrected chi connectivity index (χ1v) is 7.57. The van der Waals surface area contributed by atoms with Gasteiger partial charge in [-0.15, -0.1) is 5.10 Å². The van der Waals surface area contributed by atoms with Crippen LogP contribution < -0.4 is 4.72 Å². The number of aryl methyl sites for hydroxylation is 1. The van der Waals surface area contributed by atoms with Crippen LogP contribution in [0.1, 0.15) is 12.0 Å². The van der Waals surface area contributed by atoms with E-state index in [0.717, 1.165) is 5.56 Å². The summed E-state index contributed by atoms with van der Waals surface area (Å²) in [6.07, 6.45) is 1.80. The predicted molar refractivity (Wildman–Crippen MR) is 75.2 cm³/mol. The number of rotatable bonds is 6. The number of nitrogens with zero attached hydrogens (tertiary/aromatic N) is 2. The average Bonchev–Trinajstić information content (AvgIpc) is 2.46. The lowest BCUT2D eigenvalue weighted by Gasteiger charge is -2.07. The minimum Gasteiger partial charge on any atom is -0.481 e. The zero-order valence-electron chi connectivity index (χ0n) is 10.9. The summed E-state index contributed by atoms with van der Waals surface area (Å²) in [4.78, 5) is 10.6. The molecule has 7 nitrogen and oxygen atoms in total. The summed E-state index contributed by atoms with van der Waals surface area (Å²) in [5.74, 6) is -0.761. The lowest BCUT2D eigenvalue weighted by molar-refractivity contribution is -0.136. The number of carboxylic acid groups (broad SMARTS) is 1. The molecule has 0 saturated heterocycles. The number of aliphatic carboxylic acids is 1. The molecule has 0 bridgehead atoms. The van der Waals surface area contributed by atoms with Gasteiger partial charge in [0.15, 0.2) is 5.82 Å². The van der Waals surface area contributed by atoms with Crippen LogP contribution in [-0.2, 0) is 21.2 Å². The van der Waals surface area contributed by atoms with Gasteiger partial charge in [-0.3, -0.25) is 9.52 Å². The van der Waals surface area contributed by atoms with E-state index >= 15 is 0 Å². The first kappa shape index (κ1) is 14.9. The minimum atomic E-state index is -3.73. The van der Waals surface area contributed by atoms with E-state index in [4.69, 9.17) is 5.11 Å². The summed E-state index contributed by atoms with van der Waals surface area (Å²) < 4.78 is 26.5. The fraction of sp³-hybridized carbons (Fsp3) is 0.154. The number of carboxylic acids is 1. The van der Waals surface area contributed by atoms with Gasteiger partial charge in [-0.2, -0.15) is 5.10 Å². The molecule has 2 N–H and O–H groups in total. The molecule has 0 amide bonds. The quantitative estimate of drug-likeness (QED) is 0.832. The smallest absolute Gasteiger partial charge is 0.303 e. The highest BCUT2D eigenvalue weighted by molar-refractivity contribution is 7.92. The molecule has 1 aromatic heterocycles. The van der Waals surface area contributed by atoms with Crippen LogP contribution in [0.25, 0.3) is 0 Å². The van der Waals surface area contributed by atoms with Crippen molar-refractivity contribution < 1.29 is 18.3 Å². The molecule has 110 valence electrons. The molecule has 1 heterocycles. The van der Waals surface area contributed by atoms with Crippen LogP contribution in [0.3, 0.4) is 0 Å². The number of nitrogens with one attached hydrogen (secondary N) is 1. The van der Waals surface area contributed by atoms with E-state index in [1.54, 1.807) is 18.2 Å². The second-order valence-corrected chi connectivity index (χ2v) is 5.93. The van der Waals surface area contributed by atoms with Crippen molar-refractivity contribution in [1.82, 2.24) is 10.2 Å². The maximum Gasteiger partial charge on any atom is 0.303 e. The van der Waals surface area contributed by atoms with Crippen molar-refractivity contribution in [2.24, 2.45) is 0 Å². The Labute approximate surface area is 121 Å². The van der Waals surface area contributed by atoms with Crippen molar-refractivity contribution >= 4 is 21.8 Å². The van der Waals surface area contributed by atoms with Crippen molar-refractivity contribution in [1.29, 1.82) is 0 Å². The van der Waals surface area contributed by atoms with Crippen molar-refractivity contribution in [2.75, 3.05) is 4.72 Å². The van der Waals surface area contributed by atoms with Crippen LogP contribution in [0.2, 0.25) is 0 Å². The molecule has 2 aromatic rings. The van der Waals surface area contributed by atoms with E-state index in [0.29, 0.717) is 6.42 Å². The van der Waals surface area contributed by atoms with Crippen molar-refractivity contribution in [2.45, 2.75) is 17.7 Å². The molecule has 0 spiro atoms. The standard InChI is InChI=1S/C13H13N3O4S/c17-13(18)8-5-10-3-6-11(7-4-10)21(19,20)16-12-2-1-9-14-15-12/h1-4,6-7,9H,5,8H2,(H,15,16)(H,17,18). The second kappa shape index (κ2) is 6.31. The normalized spacial score (nSPS) is 11.0. The van der Waals surface area contributed by atoms with E-state index in [2.05, 4.69) is 14.9 Å². The molecular formula is C13H13N3O4S. The highest BCUT2D eigenvalue weighted by atomic mass is 32.2. The van der Waals surface area contributed by atoms with Crippen LogP contribution in [0.5, 0.6) is 0 Å². The molecule has 2 rings (SSSR count). The van der Waals surface area contributed by atoms with Gasteiger partial charge >= 0.3 is 5.97 Å². The fourth-order valence-corrected chi connectivity index (χ4v) is 2.64. The predicted octanol–water partition coefficient (Wildman–Crippen LogP) is 1.29. The van der Waals surface area contributed by atoms with Crippen LogP contribution in [0.4, 0.5) is 5.82 Å². The first-order valence-electron chi connectivity index (χ1n) is 6.08. The number of aromatic nitrogens is 2. The molecule has 0 atom stereocenters. The van der Waals surface area contributed by atoms with Crippen molar-refractivity contribution in [3.05, 3.63) is 48.2 Å². The molecule has 21 heavy (non-hydrogen) atoms. The van der Waals surface area contributed by atoms with Gasteiger partial charge < -0.3 is 5.11 Å². The Bertz CT molecular complexity index is 715. The number of benzene rings is 1. The van der Waals surface area contributed by atoms with E-state index in [1.165, 1.54) is 24.4 Å². The Morgan fingerprint density at radius 3 is 2.48 bits per heavy atom. The molecular weight excluding hydrogens is 294 g/mol. The van der Waals surface area contributed by atoms with Crippen LogP contribution >= 0.6 is 0 Å². The van der Waals surface area contributed by atoms with Crippen LogP contribution in [0, 0.1) is 0 Å². The molecule has 0 aliphatic rings. The molecule has 0 radical (unpaired) electrons. The second-order valence-electron chi connectivity index (χ2n) is 4.25. The third-order valence-corrected chi connectivity index (χ3v) is 4.04. The molecule has 0 aliphatic carbocycles. The van der Waals surface area contributed by atoms with Gasteiger partial charge in [0, 0.05) is 12.6 Å². The Morgan fingerprint density at radius 1 is 1.19 bits per heavy atom. The first-order chi connectivity index (χ1) is 9.97. The maximum absolute atomic E-state index is 12.1. The van der Waals surface area contributed by atoms with Crippen molar-refractivity contribution in [3.8, 4) is 0 Å². The van der Waals surface area contributed by atoms with Gasteiger partial charge in [-0.25, -0.2) is 8.42 Å². The Balaban J connectivity index is 2.12. The highest BCUT2D eigenvalue weighted by Gasteiger charge is 2.14. The number of anilines is 1. The Morgan fingerprint density at radius 2 is 1.90 bits per heavy atom. The highest BCUT2D eigenvalue weighted by Crippen LogP contribution is 2.15. The SMILES string of the molecule is O=C(O)CCc1ccc(S(=O)(=O)Nc2cccnn2)cc1. The summed E-state index contributed by atoms with van der Waals surface area (Å²) in [6.45, 7) is 0. The largest absolute Gasteiger partial charge is 0.481 e. The monoisotopic (exact) mass is 307 g/mol. The van der Waals surface area contributed by atoms with E-state index < -0.39 is 16.0 Å². The molecule has 0 aliphatic heterocycles. The van der Waals surface area contributed by atoms with Gasteiger partial charge in [0.25, 0.3) is 10.0 Å². The lowest BCUT2D eigenvalue weighted by atomic mass is 10.1. The zero-order chi connectivity index (χ0) is 15.3. The molecule has 0 unspecified atom stereocenters. The van der Waals surface area contributed by atoms with Crippen LogP contribution in [0.15, 0.2) is 47.5 Å². The summed E-state index contributed by atoms with van der Waals surface area (Å²) >= 11 is 0. The number of carbonyl (C=O) groups is 1. The van der Waals surface area contributed by atoms with E-state index in [-0.39, 0.29) is 17.1 Å². The van der Waals surface area contributed by atoms with Gasteiger partial charge in [-0.05, 0) is 36.2 Å². The maximum atomic E-state index is 12.1. The lowest BCUT2D eigenvalue weighted by Crippen LogP contribution is -2.14. The summed E-state index contributed by atoms with van der Waals surface area (Å²) in [5.41, 5.74) is 0.760. The summed E-state index contributed by atoms with van der Waals surface area (Å²) in [7, 11) is -3.73. The number of hydrogen-bond acceptors (Lipinski definition) is 5. The molecule has 0 fully saturated rings.